The Labute approximate surface area is 196 Å². The van der Waals surface area contributed by atoms with Gasteiger partial charge in [0.15, 0.2) is 23.1 Å². The quantitative estimate of drug-likeness (QED) is 0.296. The highest BCUT2D eigenvalue weighted by molar-refractivity contribution is 5.77. The highest BCUT2D eigenvalue weighted by Gasteiger charge is 2.13. The number of aryl methyl sites for hydroxylation is 1. The number of rotatable bonds is 4. The van der Waals surface area contributed by atoms with Gasteiger partial charge >= 0.3 is 0 Å². The van der Waals surface area contributed by atoms with Crippen LogP contribution >= 0.6 is 0 Å². The van der Waals surface area contributed by atoms with E-state index < -0.39 is 0 Å². The van der Waals surface area contributed by atoms with Gasteiger partial charge in [-0.2, -0.15) is 0 Å². The number of fused-ring (bicyclic) bond motifs is 1. The average molecular weight is 441 g/mol. The first-order valence-corrected chi connectivity index (χ1v) is 11.1. The topological polar surface area (TPSA) is 64.7 Å². The van der Waals surface area contributed by atoms with Gasteiger partial charge in [-0.1, -0.05) is 78.9 Å². The van der Waals surface area contributed by atoms with E-state index in [0.29, 0.717) is 23.4 Å². The normalized spacial score (nSPS) is 11.1. The van der Waals surface area contributed by atoms with E-state index >= 15 is 0 Å². The summed E-state index contributed by atoms with van der Waals surface area (Å²) in [6, 6.07) is 33.9. The van der Waals surface area contributed by atoms with Gasteiger partial charge in [0.1, 0.15) is 5.52 Å². The number of oxazole rings is 1. The van der Waals surface area contributed by atoms with Crippen molar-refractivity contribution in [3.8, 4) is 45.6 Å². The molecule has 0 bridgehead atoms. The summed E-state index contributed by atoms with van der Waals surface area (Å²) in [6.45, 7) is 2.05. The summed E-state index contributed by atoms with van der Waals surface area (Å²) in [5.41, 5.74) is 6.48. The van der Waals surface area contributed by atoms with Gasteiger partial charge < -0.3 is 4.42 Å². The summed E-state index contributed by atoms with van der Waals surface area (Å²) in [4.78, 5) is 19.0. The Bertz CT molecular complexity index is 1530. The summed E-state index contributed by atoms with van der Waals surface area (Å²) in [5.74, 6) is 2.50. The van der Waals surface area contributed by atoms with Gasteiger partial charge in [-0.25, -0.2) is 19.9 Å². The molecule has 4 aromatic carbocycles. The second kappa shape index (κ2) is 8.37. The molecule has 0 amide bonds. The van der Waals surface area contributed by atoms with Crippen LogP contribution in [0.25, 0.3) is 56.7 Å². The van der Waals surface area contributed by atoms with E-state index in [1.165, 1.54) is 0 Å². The number of aromatic nitrogens is 4. The third kappa shape index (κ3) is 3.84. The zero-order chi connectivity index (χ0) is 22.9. The number of hydrogen-bond acceptors (Lipinski definition) is 5. The lowest BCUT2D eigenvalue weighted by molar-refractivity contribution is 0.620. The molecular formula is C29H20N4O. The van der Waals surface area contributed by atoms with Crippen molar-refractivity contribution in [1.29, 1.82) is 0 Å². The fourth-order valence-corrected chi connectivity index (χ4v) is 3.86. The van der Waals surface area contributed by atoms with E-state index in [9.17, 15) is 0 Å². The summed E-state index contributed by atoms with van der Waals surface area (Å²) < 4.78 is 5.96. The average Bonchev–Trinajstić information content (AvgIpc) is 3.33. The Balaban J connectivity index is 1.42. The standard InChI is InChI=1S/C29H20N4O/c1-19-12-17-25-24(18-19)30-29(34-25)23-15-13-22(14-16-23)28-32-26(20-8-4-2-5-9-20)31-27(33-28)21-10-6-3-7-11-21/h2-18H,1H3. The van der Waals surface area contributed by atoms with Crippen LogP contribution in [0.3, 0.4) is 0 Å². The summed E-state index contributed by atoms with van der Waals surface area (Å²) in [5, 5.41) is 0. The van der Waals surface area contributed by atoms with E-state index in [2.05, 4.69) is 4.98 Å². The van der Waals surface area contributed by atoms with Crippen molar-refractivity contribution in [3.05, 3.63) is 109 Å². The highest BCUT2D eigenvalue weighted by Crippen LogP contribution is 2.28. The van der Waals surface area contributed by atoms with Crippen molar-refractivity contribution in [3.63, 3.8) is 0 Å². The lowest BCUT2D eigenvalue weighted by atomic mass is 10.1. The van der Waals surface area contributed by atoms with Crippen molar-refractivity contribution >= 4 is 11.1 Å². The molecule has 5 nitrogen and oxygen atoms in total. The largest absolute Gasteiger partial charge is 0.436 e. The van der Waals surface area contributed by atoms with Crippen LogP contribution in [0, 0.1) is 6.92 Å². The van der Waals surface area contributed by atoms with E-state index in [-0.39, 0.29) is 0 Å². The molecule has 0 saturated heterocycles. The molecule has 0 aliphatic carbocycles. The molecule has 0 aliphatic heterocycles. The molecule has 0 N–H and O–H groups in total. The lowest BCUT2D eigenvalue weighted by Gasteiger charge is -2.08. The SMILES string of the molecule is Cc1ccc2oc(-c3ccc(-c4nc(-c5ccccc5)nc(-c5ccccc5)n4)cc3)nc2c1. The molecule has 162 valence electrons. The summed E-state index contributed by atoms with van der Waals surface area (Å²) >= 11 is 0. The summed E-state index contributed by atoms with van der Waals surface area (Å²) in [6.07, 6.45) is 0. The molecule has 2 aromatic heterocycles. The minimum atomic E-state index is 0.595. The van der Waals surface area contributed by atoms with Crippen molar-refractivity contribution in [2.24, 2.45) is 0 Å². The van der Waals surface area contributed by atoms with Gasteiger partial charge in [-0.15, -0.1) is 0 Å². The lowest BCUT2D eigenvalue weighted by Crippen LogP contribution is -2.00. The molecule has 5 heteroatoms. The van der Waals surface area contributed by atoms with Crippen LogP contribution in [-0.2, 0) is 0 Å². The van der Waals surface area contributed by atoms with Crippen molar-refractivity contribution in [2.75, 3.05) is 0 Å². The Morgan fingerprint density at radius 3 is 1.56 bits per heavy atom. The molecule has 0 unspecified atom stereocenters. The van der Waals surface area contributed by atoms with Crippen LogP contribution in [0.2, 0.25) is 0 Å². The summed E-state index contributed by atoms with van der Waals surface area (Å²) in [7, 11) is 0. The number of nitrogens with zero attached hydrogens (tertiary/aromatic N) is 4. The van der Waals surface area contributed by atoms with Gasteiger partial charge in [-0.05, 0) is 36.8 Å². The third-order valence-electron chi connectivity index (χ3n) is 5.63. The number of benzene rings is 4. The molecule has 2 heterocycles. The second-order valence-corrected chi connectivity index (χ2v) is 8.11. The molecule has 0 atom stereocenters. The Kier molecular flexibility index (Phi) is 4.92. The second-order valence-electron chi connectivity index (χ2n) is 8.11. The van der Waals surface area contributed by atoms with Gasteiger partial charge in [0, 0.05) is 22.3 Å². The first-order valence-electron chi connectivity index (χ1n) is 11.1. The van der Waals surface area contributed by atoms with Crippen LogP contribution in [0.1, 0.15) is 5.56 Å². The monoisotopic (exact) mass is 440 g/mol. The van der Waals surface area contributed by atoms with Gasteiger partial charge in [0.25, 0.3) is 0 Å². The smallest absolute Gasteiger partial charge is 0.227 e. The zero-order valence-corrected chi connectivity index (χ0v) is 18.5. The predicted molar refractivity (Wildman–Crippen MR) is 134 cm³/mol. The van der Waals surface area contributed by atoms with Gasteiger partial charge in [0.2, 0.25) is 5.89 Å². The highest BCUT2D eigenvalue weighted by atomic mass is 16.3. The minimum absolute atomic E-state index is 0.595. The van der Waals surface area contributed by atoms with Crippen LogP contribution in [-0.4, -0.2) is 19.9 Å². The predicted octanol–water partition coefficient (Wildman–Crippen LogP) is 6.99. The van der Waals surface area contributed by atoms with Crippen molar-refractivity contribution < 1.29 is 4.42 Å². The fraction of sp³-hybridized carbons (Fsp3) is 0.0345. The molecule has 34 heavy (non-hydrogen) atoms. The van der Waals surface area contributed by atoms with Crippen LogP contribution < -0.4 is 0 Å². The molecule has 0 fully saturated rings. The van der Waals surface area contributed by atoms with Crippen LogP contribution in [0.15, 0.2) is 108 Å². The molecule has 0 saturated carbocycles. The van der Waals surface area contributed by atoms with Crippen LogP contribution in [0.4, 0.5) is 0 Å². The molecular weight excluding hydrogens is 420 g/mol. The van der Waals surface area contributed by atoms with Gasteiger partial charge in [-0.3, -0.25) is 0 Å². The molecule has 6 rings (SSSR count). The zero-order valence-electron chi connectivity index (χ0n) is 18.5. The van der Waals surface area contributed by atoms with E-state index in [0.717, 1.165) is 38.9 Å². The maximum atomic E-state index is 5.96. The van der Waals surface area contributed by atoms with Gasteiger partial charge in [0.05, 0.1) is 0 Å². The Morgan fingerprint density at radius 2 is 1.00 bits per heavy atom. The van der Waals surface area contributed by atoms with E-state index in [4.69, 9.17) is 19.4 Å². The fourth-order valence-electron chi connectivity index (χ4n) is 3.86. The first-order chi connectivity index (χ1) is 16.7. The molecule has 0 radical (unpaired) electrons. The first kappa shape index (κ1) is 20.0. The molecule has 0 aliphatic rings. The van der Waals surface area contributed by atoms with Crippen molar-refractivity contribution in [1.82, 2.24) is 19.9 Å². The maximum absolute atomic E-state index is 5.96. The van der Waals surface area contributed by atoms with E-state index in [1.54, 1.807) is 0 Å². The maximum Gasteiger partial charge on any atom is 0.227 e. The Morgan fingerprint density at radius 1 is 0.500 bits per heavy atom. The third-order valence-corrected chi connectivity index (χ3v) is 5.63. The Hall–Kier alpha value is -4.64. The van der Waals surface area contributed by atoms with Crippen molar-refractivity contribution in [2.45, 2.75) is 6.92 Å². The minimum Gasteiger partial charge on any atom is -0.436 e. The van der Waals surface area contributed by atoms with E-state index in [1.807, 2.05) is 110 Å². The molecule has 6 aromatic rings. The van der Waals surface area contributed by atoms with Crippen LogP contribution in [0.5, 0.6) is 0 Å². The number of hydrogen-bond donors (Lipinski definition) is 0. The molecule has 0 spiro atoms.